The van der Waals surface area contributed by atoms with Gasteiger partial charge in [-0.3, -0.25) is 13.8 Å². The number of aliphatic hydroxyl groups is 1. The van der Waals surface area contributed by atoms with Crippen molar-refractivity contribution >= 4 is 13.7 Å². The quantitative estimate of drug-likeness (QED) is 0.0243. The lowest BCUT2D eigenvalue weighted by Gasteiger charge is -2.25. The van der Waals surface area contributed by atoms with Gasteiger partial charge in [-0.2, -0.15) is 0 Å². The van der Waals surface area contributed by atoms with Crippen molar-refractivity contribution in [3.63, 3.8) is 0 Å². The number of aliphatic hydroxyl groups excluding tert-OH is 1. The number of nitrogens with one attached hydrogen (secondary N) is 1. The Morgan fingerprint density at radius 3 is 1.12 bits per heavy atom. The van der Waals surface area contributed by atoms with Gasteiger partial charge in [0.15, 0.2) is 0 Å². The fourth-order valence-corrected chi connectivity index (χ4v) is 9.89. The van der Waals surface area contributed by atoms with Crippen LogP contribution in [0.15, 0.2) is 24.3 Å². The van der Waals surface area contributed by atoms with Crippen LogP contribution in [-0.2, 0) is 18.4 Å². The van der Waals surface area contributed by atoms with E-state index in [2.05, 4.69) is 31.3 Å². The minimum atomic E-state index is -4.35. The summed E-state index contributed by atoms with van der Waals surface area (Å²) in [7, 11) is 1.59. The summed E-state index contributed by atoms with van der Waals surface area (Å²) in [6.07, 6.45) is 65.7. The summed E-state index contributed by atoms with van der Waals surface area (Å²) in [6.45, 7) is 4.86. The lowest BCUT2D eigenvalue weighted by molar-refractivity contribution is -0.870. The van der Waals surface area contributed by atoms with Gasteiger partial charge in [-0.05, 0) is 44.9 Å². The molecule has 0 heterocycles. The van der Waals surface area contributed by atoms with Crippen LogP contribution in [0.2, 0.25) is 0 Å². The Labute approximate surface area is 430 Å². The molecule has 3 atom stereocenters. The van der Waals surface area contributed by atoms with Crippen LogP contribution in [0.4, 0.5) is 0 Å². The Morgan fingerprint density at radius 1 is 0.478 bits per heavy atom. The third-order valence-electron chi connectivity index (χ3n) is 13.9. The number of phosphoric ester groups is 1. The van der Waals surface area contributed by atoms with E-state index in [-0.39, 0.29) is 19.1 Å². The molecule has 0 aromatic carbocycles. The van der Waals surface area contributed by atoms with Crippen LogP contribution in [0, 0.1) is 0 Å². The summed E-state index contributed by atoms with van der Waals surface area (Å²) in [5, 5.41) is 14.0. The SMILES string of the molecule is CCCCCCCCCC/C=C\CCCCCCCCCCCCCCCC(=O)NC(COP(=O)(O)OCC[N+](C)(C)C)C(O)/C=C/CCCCCCCCCCCCCCCCCCCCCC. The first-order chi connectivity index (χ1) is 33.5. The largest absolute Gasteiger partial charge is 0.472 e. The third kappa shape index (κ3) is 54.6. The zero-order valence-corrected chi connectivity index (χ0v) is 47.7. The first-order valence-electron chi connectivity index (χ1n) is 30.2. The number of carbonyl (C=O) groups excluding carboxylic acids is 1. The molecular formula is C60H120N2O6P+. The van der Waals surface area contributed by atoms with Gasteiger partial charge in [-0.15, -0.1) is 0 Å². The average Bonchev–Trinajstić information content (AvgIpc) is 3.31. The van der Waals surface area contributed by atoms with Gasteiger partial charge in [0.25, 0.3) is 0 Å². The molecule has 410 valence electrons. The molecule has 0 radical (unpaired) electrons. The molecule has 0 aliphatic carbocycles. The van der Waals surface area contributed by atoms with Crippen LogP contribution in [0.1, 0.15) is 303 Å². The lowest BCUT2D eigenvalue weighted by atomic mass is 10.0. The van der Waals surface area contributed by atoms with Crippen LogP contribution in [0.5, 0.6) is 0 Å². The van der Waals surface area contributed by atoms with E-state index in [0.717, 1.165) is 32.1 Å². The number of rotatable bonds is 56. The van der Waals surface area contributed by atoms with Crippen LogP contribution in [-0.4, -0.2) is 73.4 Å². The van der Waals surface area contributed by atoms with E-state index >= 15 is 0 Å². The first kappa shape index (κ1) is 68.0. The fraction of sp³-hybridized carbons (Fsp3) is 0.917. The second-order valence-electron chi connectivity index (χ2n) is 22.1. The minimum absolute atomic E-state index is 0.0636. The van der Waals surface area contributed by atoms with Crippen molar-refractivity contribution in [2.75, 3.05) is 40.9 Å². The van der Waals surface area contributed by atoms with Gasteiger partial charge in [0.1, 0.15) is 13.2 Å². The maximum atomic E-state index is 13.0. The van der Waals surface area contributed by atoms with Gasteiger partial charge < -0.3 is 19.8 Å². The van der Waals surface area contributed by atoms with Crippen molar-refractivity contribution in [2.45, 2.75) is 315 Å². The van der Waals surface area contributed by atoms with Crippen LogP contribution in [0.3, 0.4) is 0 Å². The number of hydrogen-bond donors (Lipinski definition) is 3. The normalized spacial score (nSPS) is 14.0. The standard InChI is InChI=1S/C60H119N2O6P/c1-6-8-10-12-14-16-18-20-22-24-26-28-30-31-32-34-36-38-40-42-44-46-48-50-52-54-60(64)61-58(57-68-69(65,66)67-56-55-62(3,4)5)59(63)53-51-49-47-45-43-41-39-37-35-33-29-27-25-23-21-19-17-15-13-11-9-7-2/h24,26,51,53,58-59,63H,6-23,25,27-50,52,54-57H2,1-5H3,(H-,61,64,65,66)/p+1/b26-24-,53-51+. The van der Waals surface area contributed by atoms with Crippen LogP contribution in [0.25, 0.3) is 0 Å². The summed E-state index contributed by atoms with van der Waals surface area (Å²) >= 11 is 0. The van der Waals surface area contributed by atoms with E-state index in [4.69, 9.17) is 9.05 Å². The Hall–Kier alpha value is -1.02. The molecule has 69 heavy (non-hydrogen) atoms. The highest BCUT2D eigenvalue weighted by Gasteiger charge is 2.27. The van der Waals surface area contributed by atoms with E-state index in [9.17, 15) is 19.4 Å². The molecule has 9 heteroatoms. The molecule has 0 spiro atoms. The molecule has 0 fully saturated rings. The highest BCUT2D eigenvalue weighted by Crippen LogP contribution is 2.43. The lowest BCUT2D eigenvalue weighted by Crippen LogP contribution is -2.45. The van der Waals surface area contributed by atoms with Crippen molar-refractivity contribution in [1.82, 2.24) is 5.32 Å². The summed E-state index contributed by atoms with van der Waals surface area (Å²) in [5.41, 5.74) is 0. The fourth-order valence-electron chi connectivity index (χ4n) is 9.16. The Balaban J connectivity index is 4.16. The number of unbranched alkanes of at least 4 members (excludes halogenated alkanes) is 41. The van der Waals surface area contributed by atoms with Crippen molar-refractivity contribution in [3.05, 3.63) is 24.3 Å². The topological polar surface area (TPSA) is 105 Å². The van der Waals surface area contributed by atoms with E-state index in [1.165, 1.54) is 250 Å². The Kier molecular flexibility index (Phi) is 51.1. The number of likely N-dealkylation sites (N-methyl/N-ethyl adjacent to an activating group) is 1. The van der Waals surface area contributed by atoms with Gasteiger partial charge in [0.2, 0.25) is 5.91 Å². The Bertz CT molecular complexity index is 1170. The van der Waals surface area contributed by atoms with Crippen molar-refractivity contribution in [1.29, 1.82) is 0 Å². The Morgan fingerprint density at radius 2 is 0.783 bits per heavy atom. The molecular weight excluding hydrogens is 876 g/mol. The van der Waals surface area contributed by atoms with E-state index < -0.39 is 20.0 Å². The molecule has 0 aliphatic rings. The van der Waals surface area contributed by atoms with Crippen molar-refractivity contribution in [2.24, 2.45) is 0 Å². The monoisotopic (exact) mass is 996 g/mol. The van der Waals surface area contributed by atoms with Gasteiger partial charge >= 0.3 is 7.82 Å². The van der Waals surface area contributed by atoms with Crippen LogP contribution < -0.4 is 5.32 Å². The molecule has 1 amide bonds. The predicted octanol–water partition coefficient (Wildman–Crippen LogP) is 18.4. The summed E-state index contributed by atoms with van der Waals surface area (Å²) in [4.78, 5) is 23.3. The van der Waals surface area contributed by atoms with Gasteiger partial charge in [0.05, 0.1) is 39.9 Å². The van der Waals surface area contributed by atoms with Crippen molar-refractivity contribution in [3.8, 4) is 0 Å². The number of hydrogen-bond acceptors (Lipinski definition) is 5. The predicted molar refractivity (Wildman–Crippen MR) is 300 cm³/mol. The number of allylic oxidation sites excluding steroid dienone is 3. The molecule has 0 aliphatic heterocycles. The second-order valence-corrected chi connectivity index (χ2v) is 23.5. The number of quaternary nitrogens is 1. The zero-order chi connectivity index (χ0) is 50.6. The highest BCUT2D eigenvalue weighted by atomic mass is 31.2. The number of nitrogens with zero attached hydrogens (tertiary/aromatic N) is 1. The first-order valence-corrected chi connectivity index (χ1v) is 31.7. The van der Waals surface area contributed by atoms with Gasteiger partial charge in [0, 0.05) is 6.42 Å². The highest BCUT2D eigenvalue weighted by molar-refractivity contribution is 7.47. The molecule has 0 saturated heterocycles. The van der Waals surface area contributed by atoms with E-state index in [1.54, 1.807) is 6.08 Å². The smallest absolute Gasteiger partial charge is 0.387 e. The maximum absolute atomic E-state index is 13.0. The maximum Gasteiger partial charge on any atom is 0.472 e. The molecule has 0 aromatic rings. The summed E-state index contributed by atoms with van der Waals surface area (Å²) in [5.74, 6) is -0.172. The molecule has 0 rings (SSSR count). The average molecular weight is 997 g/mol. The van der Waals surface area contributed by atoms with Crippen LogP contribution >= 0.6 is 7.82 Å². The number of phosphoric acid groups is 1. The van der Waals surface area contributed by atoms with E-state index in [1.807, 2.05) is 27.2 Å². The van der Waals surface area contributed by atoms with Gasteiger partial charge in [-0.25, -0.2) is 4.57 Å². The molecule has 3 unspecified atom stereocenters. The molecule has 0 saturated carbocycles. The number of carbonyl (C=O) groups is 1. The molecule has 0 aromatic heterocycles. The summed E-state index contributed by atoms with van der Waals surface area (Å²) < 4.78 is 23.7. The second kappa shape index (κ2) is 51.9. The molecule has 3 N–H and O–H groups in total. The van der Waals surface area contributed by atoms with Crippen molar-refractivity contribution < 1.29 is 32.9 Å². The van der Waals surface area contributed by atoms with Gasteiger partial charge in [-0.1, -0.05) is 276 Å². The third-order valence-corrected chi connectivity index (χ3v) is 14.9. The zero-order valence-electron chi connectivity index (χ0n) is 46.8. The van der Waals surface area contributed by atoms with E-state index in [0.29, 0.717) is 17.4 Å². The minimum Gasteiger partial charge on any atom is -0.387 e. The number of amides is 1. The molecule has 8 nitrogen and oxygen atoms in total. The molecule has 0 bridgehead atoms. The summed E-state index contributed by atoms with van der Waals surface area (Å²) in [6, 6.07) is -0.845.